The fourth-order valence-corrected chi connectivity index (χ4v) is 3.15. The van der Waals surface area contributed by atoms with Crippen LogP contribution >= 0.6 is 0 Å². The summed E-state index contributed by atoms with van der Waals surface area (Å²) >= 11 is 0. The summed E-state index contributed by atoms with van der Waals surface area (Å²) in [5.74, 6) is -0.109. The highest BCUT2D eigenvalue weighted by atomic mass is 16.2. The van der Waals surface area contributed by atoms with Crippen LogP contribution in [0.3, 0.4) is 0 Å². The van der Waals surface area contributed by atoms with Crippen molar-refractivity contribution >= 4 is 17.5 Å². The molecule has 136 valence electrons. The van der Waals surface area contributed by atoms with E-state index in [1.807, 2.05) is 17.0 Å². The number of benzene rings is 2. The Morgan fingerprint density at radius 2 is 1.42 bits per heavy atom. The highest BCUT2D eigenvalue weighted by molar-refractivity contribution is 6.04. The van der Waals surface area contributed by atoms with Gasteiger partial charge in [0.05, 0.1) is 0 Å². The third-order valence-corrected chi connectivity index (χ3v) is 4.73. The fourth-order valence-electron chi connectivity index (χ4n) is 3.15. The molecule has 3 N–H and O–H groups in total. The molecule has 0 aromatic heterocycles. The number of likely N-dealkylation sites (tertiary alicyclic amines) is 1. The van der Waals surface area contributed by atoms with Crippen molar-refractivity contribution < 1.29 is 9.59 Å². The fraction of sp³-hybridized carbons (Fsp3) is 0.333. The molecule has 1 aliphatic heterocycles. The molecule has 0 radical (unpaired) electrons. The molecular formula is C21H25N3O2. The third kappa shape index (κ3) is 4.49. The topological polar surface area (TPSA) is 75.4 Å². The van der Waals surface area contributed by atoms with Crippen molar-refractivity contribution in [3.8, 4) is 0 Å². The van der Waals surface area contributed by atoms with Gasteiger partial charge in [-0.15, -0.1) is 0 Å². The van der Waals surface area contributed by atoms with E-state index in [9.17, 15) is 9.59 Å². The average molecular weight is 351 g/mol. The molecule has 0 saturated carbocycles. The number of nitrogens with zero attached hydrogens (tertiary/aromatic N) is 1. The lowest BCUT2D eigenvalue weighted by atomic mass is 10.1. The number of anilines is 1. The van der Waals surface area contributed by atoms with Crippen molar-refractivity contribution in [2.45, 2.75) is 32.2 Å². The van der Waals surface area contributed by atoms with Crippen LogP contribution in [0.4, 0.5) is 5.69 Å². The first kappa shape index (κ1) is 18.1. The summed E-state index contributed by atoms with van der Waals surface area (Å²) in [7, 11) is 0. The zero-order valence-corrected chi connectivity index (χ0v) is 14.9. The molecule has 1 saturated heterocycles. The molecule has 2 aromatic carbocycles. The maximum absolute atomic E-state index is 12.6. The van der Waals surface area contributed by atoms with Gasteiger partial charge in [-0.05, 0) is 54.8 Å². The van der Waals surface area contributed by atoms with Crippen LogP contribution in [0, 0.1) is 0 Å². The lowest BCUT2D eigenvalue weighted by molar-refractivity contribution is 0.0761. The van der Waals surface area contributed by atoms with Crippen LogP contribution in [0.2, 0.25) is 0 Å². The van der Waals surface area contributed by atoms with Crippen LogP contribution in [0.25, 0.3) is 0 Å². The Balaban J connectivity index is 1.63. The van der Waals surface area contributed by atoms with Crippen molar-refractivity contribution in [1.29, 1.82) is 0 Å². The van der Waals surface area contributed by atoms with Gasteiger partial charge in [0.15, 0.2) is 0 Å². The highest BCUT2D eigenvalue weighted by Crippen LogP contribution is 2.16. The Labute approximate surface area is 154 Å². The molecule has 5 heteroatoms. The van der Waals surface area contributed by atoms with E-state index in [1.165, 1.54) is 12.8 Å². The van der Waals surface area contributed by atoms with Gasteiger partial charge in [0.2, 0.25) is 0 Å². The van der Waals surface area contributed by atoms with Gasteiger partial charge in [0, 0.05) is 36.4 Å². The summed E-state index contributed by atoms with van der Waals surface area (Å²) in [5.41, 5.74) is 8.46. The Morgan fingerprint density at radius 3 is 2.00 bits per heavy atom. The number of nitrogens with one attached hydrogen (secondary N) is 1. The molecule has 2 aromatic rings. The summed E-state index contributed by atoms with van der Waals surface area (Å²) in [6.07, 6.45) is 4.54. The minimum atomic E-state index is -0.180. The van der Waals surface area contributed by atoms with Gasteiger partial charge in [-0.2, -0.15) is 0 Å². The summed E-state index contributed by atoms with van der Waals surface area (Å²) in [6.45, 7) is 2.11. The number of rotatable bonds is 4. The lowest BCUT2D eigenvalue weighted by Gasteiger charge is -2.20. The second-order valence-electron chi connectivity index (χ2n) is 6.64. The van der Waals surface area contributed by atoms with Gasteiger partial charge in [0.1, 0.15) is 0 Å². The molecule has 26 heavy (non-hydrogen) atoms. The zero-order chi connectivity index (χ0) is 18.4. The van der Waals surface area contributed by atoms with Crippen molar-refractivity contribution in [2.75, 3.05) is 18.4 Å². The van der Waals surface area contributed by atoms with Gasteiger partial charge >= 0.3 is 0 Å². The first-order chi connectivity index (χ1) is 12.7. The van der Waals surface area contributed by atoms with E-state index in [0.29, 0.717) is 23.4 Å². The van der Waals surface area contributed by atoms with E-state index >= 15 is 0 Å². The summed E-state index contributed by atoms with van der Waals surface area (Å²) in [6, 6.07) is 14.3. The quantitative estimate of drug-likeness (QED) is 0.886. The normalized spacial score (nSPS) is 14.6. The van der Waals surface area contributed by atoms with E-state index < -0.39 is 0 Å². The van der Waals surface area contributed by atoms with E-state index in [2.05, 4.69) is 5.32 Å². The van der Waals surface area contributed by atoms with Gasteiger partial charge in [0.25, 0.3) is 11.8 Å². The maximum atomic E-state index is 12.6. The first-order valence-corrected chi connectivity index (χ1v) is 9.17. The van der Waals surface area contributed by atoms with E-state index in [1.54, 1.807) is 36.4 Å². The molecule has 1 fully saturated rings. The maximum Gasteiger partial charge on any atom is 0.255 e. The molecule has 0 bridgehead atoms. The van der Waals surface area contributed by atoms with Crippen LogP contribution in [-0.4, -0.2) is 29.8 Å². The molecule has 0 aliphatic carbocycles. The zero-order valence-electron chi connectivity index (χ0n) is 14.9. The minimum absolute atomic E-state index is 0.0714. The molecule has 1 aliphatic rings. The molecule has 2 amide bonds. The number of hydrogen-bond donors (Lipinski definition) is 2. The molecular weight excluding hydrogens is 326 g/mol. The van der Waals surface area contributed by atoms with Crippen LogP contribution in [-0.2, 0) is 6.54 Å². The smallest absolute Gasteiger partial charge is 0.255 e. The lowest BCUT2D eigenvalue weighted by Crippen LogP contribution is -2.31. The van der Waals surface area contributed by atoms with Crippen LogP contribution < -0.4 is 11.1 Å². The Kier molecular flexibility index (Phi) is 6.02. The van der Waals surface area contributed by atoms with Crippen LogP contribution in [0.15, 0.2) is 48.5 Å². The second kappa shape index (κ2) is 8.63. The summed E-state index contributed by atoms with van der Waals surface area (Å²) in [4.78, 5) is 26.8. The van der Waals surface area contributed by atoms with Crippen molar-refractivity contribution in [3.63, 3.8) is 0 Å². The molecule has 1 heterocycles. The van der Waals surface area contributed by atoms with Crippen molar-refractivity contribution in [3.05, 3.63) is 65.2 Å². The van der Waals surface area contributed by atoms with E-state index in [4.69, 9.17) is 5.73 Å². The number of hydrogen-bond acceptors (Lipinski definition) is 3. The number of carbonyl (C=O) groups excluding carboxylic acids is 2. The number of nitrogens with two attached hydrogens (primary N) is 1. The molecule has 0 atom stereocenters. The monoisotopic (exact) mass is 351 g/mol. The predicted octanol–water partition coefficient (Wildman–Crippen LogP) is 3.41. The second-order valence-corrected chi connectivity index (χ2v) is 6.64. The summed E-state index contributed by atoms with van der Waals surface area (Å²) < 4.78 is 0. The van der Waals surface area contributed by atoms with Crippen LogP contribution in [0.5, 0.6) is 0 Å². The van der Waals surface area contributed by atoms with Gasteiger partial charge in [-0.3, -0.25) is 9.59 Å². The molecule has 3 rings (SSSR count). The van der Waals surface area contributed by atoms with Gasteiger partial charge < -0.3 is 16.0 Å². The minimum Gasteiger partial charge on any atom is -0.339 e. The number of amides is 2. The molecule has 0 unspecified atom stereocenters. The van der Waals surface area contributed by atoms with Gasteiger partial charge in [-0.1, -0.05) is 25.0 Å². The predicted molar refractivity (Wildman–Crippen MR) is 103 cm³/mol. The standard InChI is InChI=1S/C21H25N3O2/c22-15-16-5-7-17(8-6-16)20(25)23-19-11-9-18(10-12-19)21(26)24-13-3-1-2-4-14-24/h5-12H,1-4,13-15,22H2,(H,23,25). The Bertz CT molecular complexity index is 746. The number of carbonyl (C=O) groups is 2. The van der Waals surface area contributed by atoms with E-state index in [-0.39, 0.29) is 11.8 Å². The van der Waals surface area contributed by atoms with Crippen LogP contribution in [0.1, 0.15) is 52.0 Å². The van der Waals surface area contributed by atoms with Crippen molar-refractivity contribution in [2.24, 2.45) is 5.73 Å². The third-order valence-electron chi connectivity index (χ3n) is 4.73. The Hall–Kier alpha value is -2.66. The van der Waals surface area contributed by atoms with Crippen molar-refractivity contribution in [1.82, 2.24) is 4.90 Å². The van der Waals surface area contributed by atoms with E-state index in [0.717, 1.165) is 31.5 Å². The largest absolute Gasteiger partial charge is 0.339 e. The summed E-state index contributed by atoms with van der Waals surface area (Å²) in [5, 5.41) is 2.86. The molecule has 5 nitrogen and oxygen atoms in total. The van der Waals surface area contributed by atoms with Gasteiger partial charge in [-0.25, -0.2) is 0 Å². The SMILES string of the molecule is NCc1ccc(C(=O)Nc2ccc(C(=O)N3CCCCCC3)cc2)cc1. The average Bonchev–Trinajstić information content (AvgIpc) is 2.97. The Morgan fingerprint density at radius 1 is 0.846 bits per heavy atom. The first-order valence-electron chi connectivity index (χ1n) is 9.17. The molecule has 0 spiro atoms. The highest BCUT2D eigenvalue weighted by Gasteiger charge is 2.17.